The Balaban J connectivity index is 1.67. The number of benzene rings is 1. The van der Waals surface area contributed by atoms with Crippen LogP contribution in [0.1, 0.15) is 25.6 Å². The molecule has 1 aromatic heterocycles. The van der Waals surface area contributed by atoms with E-state index in [4.69, 9.17) is 0 Å². The molecule has 0 amide bonds. The number of hydrogen-bond acceptors (Lipinski definition) is 3. The molecule has 1 aliphatic carbocycles. The Morgan fingerprint density at radius 1 is 1.26 bits per heavy atom. The highest BCUT2D eigenvalue weighted by atomic mass is 15.3. The predicted molar refractivity (Wildman–Crippen MR) is 75.0 cm³/mol. The summed E-state index contributed by atoms with van der Waals surface area (Å²) in [5.41, 5.74) is 1.06. The predicted octanol–water partition coefficient (Wildman–Crippen LogP) is 2.50. The van der Waals surface area contributed by atoms with Crippen LogP contribution in [0.25, 0.3) is 5.69 Å². The van der Waals surface area contributed by atoms with E-state index < -0.39 is 0 Å². The monoisotopic (exact) mass is 256 g/mol. The SMILES string of the molecule is CCN(Cc1ncn(-c2ccccc2)n1)CC1CC1. The van der Waals surface area contributed by atoms with Gasteiger partial charge in [-0.3, -0.25) is 4.90 Å². The van der Waals surface area contributed by atoms with Crippen molar-refractivity contribution < 1.29 is 0 Å². The zero-order valence-corrected chi connectivity index (χ0v) is 11.4. The van der Waals surface area contributed by atoms with Crippen LogP contribution in [0.15, 0.2) is 36.7 Å². The van der Waals surface area contributed by atoms with Crippen molar-refractivity contribution in [2.75, 3.05) is 13.1 Å². The third-order valence-electron chi connectivity index (χ3n) is 3.59. The van der Waals surface area contributed by atoms with Gasteiger partial charge in [0.15, 0.2) is 5.82 Å². The number of rotatable bonds is 6. The van der Waals surface area contributed by atoms with Crippen LogP contribution < -0.4 is 0 Å². The van der Waals surface area contributed by atoms with Gasteiger partial charge in [-0.25, -0.2) is 9.67 Å². The summed E-state index contributed by atoms with van der Waals surface area (Å²) in [6.45, 7) is 5.32. The average Bonchev–Trinajstić information content (AvgIpc) is 3.15. The van der Waals surface area contributed by atoms with Crippen LogP contribution in [0.3, 0.4) is 0 Å². The van der Waals surface area contributed by atoms with Crippen molar-refractivity contribution in [3.05, 3.63) is 42.5 Å². The fraction of sp³-hybridized carbons (Fsp3) is 0.467. The largest absolute Gasteiger partial charge is 0.296 e. The Hall–Kier alpha value is -1.68. The minimum Gasteiger partial charge on any atom is -0.296 e. The Labute approximate surface area is 114 Å². The lowest BCUT2D eigenvalue weighted by atomic mass is 10.3. The summed E-state index contributed by atoms with van der Waals surface area (Å²) in [5.74, 6) is 1.82. The molecule has 3 rings (SSSR count). The van der Waals surface area contributed by atoms with E-state index in [-0.39, 0.29) is 0 Å². The van der Waals surface area contributed by atoms with Crippen LogP contribution in [0.4, 0.5) is 0 Å². The lowest BCUT2D eigenvalue weighted by molar-refractivity contribution is 0.262. The van der Waals surface area contributed by atoms with E-state index in [1.165, 1.54) is 19.4 Å². The van der Waals surface area contributed by atoms with Crippen molar-refractivity contribution >= 4 is 0 Å². The zero-order valence-electron chi connectivity index (χ0n) is 11.4. The molecule has 0 bridgehead atoms. The Morgan fingerprint density at radius 3 is 2.74 bits per heavy atom. The van der Waals surface area contributed by atoms with Gasteiger partial charge in [0.2, 0.25) is 0 Å². The number of para-hydroxylation sites is 1. The molecule has 1 heterocycles. The summed E-state index contributed by atoms with van der Waals surface area (Å²) >= 11 is 0. The molecule has 0 N–H and O–H groups in total. The molecule has 100 valence electrons. The van der Waals surface area contributed by atoms with Crippen molar-refractivity contribution in [2.24, 2.45) is 5.92 Å². The molecule has 0 spiro atoms. The second kappa shape index (κ2) is 5.53. The van der Waals surface area contributed by atoms with E-state index >= 15 is 0 Å². The van der Waals surface area contributed by atoms with E-state index in [0.29, 0.717) is 0 Å². The highest BCUT2D eigenvalue weighted by Crippen LogP contribution is 2.29. The molecule has 2 aromatic rings. The second-order valence-corrected chi connectivity index (χ2v) is 5.21. The normalized spacial score (nSPS) is 15.1. The minimum atomic E-state index is 0.854. The fourth-order valence-corrected chi connectivity index (χ4v) is 2.25. The molecule has 19 heavy (non-hydrogen) atoms. The molecular formula is C15H20N4. The first kappa shape index (κ1) is 12.4. The van der Waals surface area contributed by atoms with Crippen LogP contribution in [-0.4, -0.2) is 32.8 Å². The molecule has 4 heteroatoms. The third-order valence-corrected chi connectivity index (χ3v) is 3.59. The number of aromatic nitrogens is 3. The maximum Gasteiger partial charge on any atom is 0.164 e. The highest BCUT2D eigenvalue weighted by Gasteiger charge is 2.24. The molecular weight excluding hydrogens is 236 g/mol. The first-order chi connectivity index (χ1) is 9.35. The van der Waals surface area contributed by atoms with Gasteiger partial charge in [0.1, 0.15) is 6.33 Å². The minimum absolute atomic E-state index is 0.854. The Morgan fingerprint density at radius 2 is 2.05 bits per heavy atom. The molecule has 4 nitrogen and oxygen atoms in total. The van der Waals surface area contributed by atoms with Gasteiger partial charge in [0, 0.05) is 6.54 Å². The van der Waals surface area contributed by atoms with Crippen molar-refractivity contribution in [2.45, 2.75) is 26.3 Å². The van der Waals surface area contributed by atoms with Crippen LogP contribution in [0.5, 0.6) is 0 Å². The zero-order chi connectivity index (χ0) is 13.1. The van der Waals surface area contributed by atoms with Gasteiger partial charge < -0.3 is 0 Å². The maximum atomic E-state index is 4.56. The van der Waals surface area contributed by atoms with Crippen LogP contribution >= 0.6 is 0 Å². The Bertz CT molecular complexity index is 516. The summed E-state index contributed by atoms with van der Waals surface area (Å²) in [7, 11) is 0. The number of nitrogens with zero attached hydrogens (tertiary/aromatic N) is 4. The molecule has 1 aliphatic rings. The highest BCUT2D eigenvalue weighted by molar-refractivity contribution is 5.29. The van der Waals surface area contributed by atoms with Crippen LogP contribution in [0.2, 0.25) is 0 Å². The lowest BCUT2D eigenvalue weighted by Crippen LogP contribution is -2.25. The van der Waals surface area contributed by atoms with Crippen molar-refractivity contribution in [3.8, 4) is 5.69 Å². The van der Waals surface area contributed by atoms with E-state index in [2.05, 4.69) is 21.9 Å². The van der Waals surface area contributed by atoms with Crippen molar-refractivity contribution in [1.29, 1.82) is 0 Å². The molecule has 0 saturated heterocycles. The van der Waals surface area contributed by atoms with Gasteiger partial charge in [-0.05, 0) is 37.4 Å². The third kappa shape index (κ3) is 3.20. The standard InChI is InChI=1S/C15H20N4/c1-2-18(10-13-8-9-13)11-15-16-12-19(17-15)14-6-4-3-5-7-14/h3-7,12-13H,2,8-11H2,1H3. The molecule has 0 atom stereocenters. The van der Waals surface area contributed by atoms with Gasteiger partial charge >= 0.3 is 0 Å². The van der Waals surface area contributed by atoms with Gasteiger partial charge in [-0.2, -0.15) is 0 Å². The average molecular weight is 256 g/mol. The van der Waals surface area contributed by atoms with E-state index in [9.17, 15) is 0 Å². The van der Waals surface area contributed by atoms with E-state index in [0.717, 1.165) is 30.5 Å². The van der Waals surface area contributed by atoms with Crippen molar-refractivity contribution in [1.82, 2.24) is 19.7 Å². The van der Waals surface area contributed by atoms with Gasteiger partial charge in [0.05, 0.1) is 12.2 Å². The lowest BCUT2D eigenvalue weighted by Gasteiger charge is -2.17. The summed E-state index contributed by atoms with van der Waals surface area (Å²) in [4.78, 5) is 6.85. The van der Waals surface area contributed by atoms with E-state index in [1.807, 2.05) is 35.0 Å². The Kier molecular flexibility index (Phi) is 3.60. The first-order valence-electron chi connectivity index (χ1n) is 7.03. The van der Waals surface area contributed by atoms with E-state index in [1.54, 1.807) is 6.33 Å². The molecule has 1 aromatic carbocycles. The topological polar surface area (TPSA) is 34.0 Å². The van der Waals surface area contributed by atoms with Gasteiger partial charge in [-0.15, -0.1) is 5.10 Å². The smallest absolute Gasteiger partial charge is 0.164 e. The molecule has 0 aliphatic heterocycles. The summed E-state index contributed by atoms with van der Waals surface area (Å²) in [6.07, 6.45) is 4.58. The summed E-state index contributed by atoms with van der Waals surface area (Å²) in [5, 5.41) is 4.56. The quantitative estimate of drug-likeness (QED) is 0.796. The first-order valence-corrected chi connectivity index (χ1v) is 7.03. The summed E-state index contributed by atoms with van der Waals surface area (Å²) in [6, 6.07) is 10.1. The molecule has 1 saturated carbocycles. The summed E-state index contributed by atoms with van der Waals surface area (Å²) < 4.78 is 1.85. The van der Waals surface area contributed by atoms with Crippen LogP contribution in [-0.2, 0) is 6.54 Å². The van der Waals surface area contributed by atoms with Gasteiger partial charge in [0.25, 0.3) is 0 Å². The molecule has 1 fully saturated rings. The van der Waals surface area contributed by atoms with Crippen molar-refractivity contribution in [3.63, 3.8) is 0 Å². The maximum absolute atomic E-state index is 4.56. The second-order valence-electron chi connectivity index (χ2n) is 5.21. The molecule has 0 unspecified atom stereocenters. The molecule has 0 radical (unpaired) electrons. The fourth-order valence-electron chi connectivity index (χ4n) is 2.25. The number of hydrogen-bond donors (Lipinski definition) is 0. The van der Waals surface area contributed by atoms with Crippen LogP contribution in [0, 0.1) is 5.92 Å². The van der Waals surface area contributed by atoms with Gasteiger partial charge in [-0.1, -0.05) is 25.1 Å².